The number of nitrogens with two attached hydrogens (primary N) is 1. The van der Waals surface area contributed by atoms with E-state index in [2.05, 4.69) is 15.7 Å². The molecule has 0 saturated carbocycles. The van der Waals surface area contributed by atoms with Gasteiger partial charge >= 0.3 is 0 Å². The molecule has 0 aliphatic carbocycles. The van der Waals surface area contributed by atoms with Gasteiger partial charge in [-0.25, -0.2) is 0 Å². The van der Waals surface area contributed by atoms with Gasteiger partial charge in [-0.05, 0) is 24.3 Å². The summed E-state index contributed by atoms with van der Waals surface area (Å²) < 4.78 is 0. The van der Waals surface area contributed by atoms with Crippen molar-refractivity contribution in [1.82, 2.24) is 4.98 Å². The molecule has 8 nitrogen and oxygen atoms in total. The van der Waals surface area contributed by atoms with Crippen LogP contribution in [0.2, 0.25) is 0 Å². The van der Waals surface area contributed by atoms with Crippen molar-refractivity contribution in [3.8, 4) is 0 Å². The fraction of sp³-hybridized carbons (Fsp3) is 0. The number of benzene rings is 1. The molecule has 0 aliphatic rings. The van der Waals surface area contributed by atoms with Gasteiger partial charge in [-0.15, -0.1) is 0 Å². The predicted molar refractivity (Wildman–Crippen MR) is 73.1 cm³/mol. The molecular formula is C12H11N5O3. The van der Waals surface area contributed by atoms with Crippen molar-refractivity contribution < 1.29 is 9.72 Å². The van der Waals surface area contributed by atoms with Crippen LogP contribution in [-0.4, -0.2) is 15.8 Å². The number of rotatable bonds is 4. The summed E-state index contributed by atoms with van der Waals surface area (Å²) in [6, 6.07) is 7.21. The molecule has 0 radical (unpaired) electrons. The molecule has 8 heteroatoms. The van der Waals surface area contributed by atoms with Gasteiger partial charge in [0.2, 0.25) is 0 Å². The van der Waals surface area contributed by atoms with Crippen LogP contribution in [-0.2, 0) is 0 Å². The Morgan fingerprint density at radius 1 is 1.30 bits per heavy atom. The molecule has 1 aromatic heterocycles. The Bertz CT molecular complexity index is 645. The van der Waals surface area contributed by atoms with E-state index in [1.807, 2.05) is 0 Å². The fourth-order valence-corrected chi connectivity index (χ4v) is 1.60. The first kappa shape index (κ1) is 13.4. The highest BCUT2D eigenvalue weighted by Gasteiger charge is 2.20. The van der Waals surface area contributed by atoms with E-state index in [4.69, 9.17) is 5.84 Å². The quantitative estimate of drug-likeness (QED) is 0.441. The number of amides is 1. The summed E-state index contributed by atoms with van der Waals surface area (Å²) in [5.41, 5.74) is 2.79. The Morgan fingerprint density at radius 2 is 2.10 bits per heavy atom. The van der Waals surface area contributed by atoms with Crippen molar-refractivity contribution in [3.63, 3.8) is 0 Å². The summed E-state index contributed by atoms with van der Waals surface area (Å²) in [5.74, 6) is 4.63. The molecule has 4 N–H and O–H groups in total. The number of nitrogen functional groups attached to an aromatic ring is 1. The summed E-state index contributed by atoms with van der Waals surface area (Å²) in [5, 5.41) is 13.5. The van der Waals surface area contributed by atoms with Crippen LogP contribution in [0.25, 0.3) is 0 Å². The average Bonchev–Trinajstić information content (AvgIpc) is 2.47. The minimum absolute atomic E-state index is 0.0886. The van der Waals surface area contributed by atoms with E-state index in [1.165, 1.54) is 24.4 Å². The maximum absolute atomic E-state index is 12.1. The Balaban J connectivity index is 2.35. The molecule has 2 aromatic rings. The number of hydrogen-bond acceptors (Lipinski definition) is 6. The molecule has 2 rings (SSSR count). The number of nitro groups is 1. The van der Waals surface area contributed by atoms with Crippen molar-refractivity contribution in [1.29, 1.82) is 0 Å². The molecule has 0 saturated heterocycles. The van der Waals surface area contributed by atoms with Gasteiger partial charge in [0, 0.05) is 18.0 Å². The average molecular weight is 273 g/mol. The Labute approximate surface area is 113 Å². The molecule has 0 aliphatic heterocycles. The number of carbonyl (C=O) groups excluding carboxylic acids is 1. The highest BCUT2D eigenvalue weighted by Crippen LogP contribution is 2.23. The molecule has 20 heavy (non-hydrogen) atoms. The minimum atomic E-state index is -0.627. The van der Waals surface area contributed by atoms with E-state index >= 15 is 0 Å². The van der Waals surface area contributed by atoms with Gasteiger partial charge in [0.1, 0.15) is 5.56 Å². The first-order valence-corrected chi connectivity index (χ1v) is 5.58. The van der Waals surface area contributed by atoms with Crippen LogP contribution >= 0.6 is 0 Å². The van der Waals surface area contributed by atoms with Gasteiger partial charge in [0.25, 0.3) is 11.6 Å². The van der Waals surface area contributed by atoms with E-state index in [-0.39, 0.29) is 11.3 Å². The summed E-state index contributed by atoms with van der Waals surface area (Å²) in [4.78, 5) is 26.3. The molecule has 102 valence electrons. The van der Waals surface area contributed by atoms with Gasteiger partial charge in [-0.2, -0.15) is 0 Å². The number of nitro benzene ring substituents is 1. The zero-order chi connectivity index (χ0) is 14.5. The Morgan fingerprint density at radius 3 is 2.70 bits per heavy atom. The van der Waals surface area contributed by atoms with E-state index < -0.39 is 10.8 Å². The summed E-state index contributed by atoms with van der Waals surface area (Å²) >= 11 is 0. The Hall–Kier alpha value is -3.00. The highest BCUT2D eigenvalue weighted by molar-refractivity contribution is 6.07. The van der Waals surface area contributed by atoms with E-state index in [0.717, 1.165) is 0 Å². The lowest BCUT2D eigenvalue weighted by Gasteiger charge is -2.07. The topological polar surface area (TPSA) is 123 Å². The molecule has 0 bridgehead atoms. The minimum Gasteiger partial charge on any atom is -0.324 e. The zero-order valence-corrected chi connectivity index (χ0v) is 10.2. The van der Waals surface area contributed by atoms with Gasteiger partial charge in [-0.1, -0.05) is 0 Å². The van der Waals surface area contributed by atoms with Crippen LogP contribution in [0, 0.1) is 10.1 Å². The third-order valence-electron chi connectivity index (χ3n) is 2.52. The van der Waals surface area contributed by atoms with Crippen LogP contribution in [0.5, 0.6) is 0 Å². The normalized spacial score (nSPS) is 9.85. The van der Waals surface area contributed by atoms with Crippen molar-refractivity contribution in [2.24, 2.45) is 5.84 Å². The number of hydrazine groups is 1. The van der Waals surface area contributed by atoms with Gasteiger partial charge in [-0.3, -0.25) is 25.7 Å². The van der Waals surface area contributed by atoms with Gasteiger partial charge < -0.3 is 10.7 Å². The van der Waals surface area contributed by atoms with Crippen molar-refractivity contribution in [2.45, 2.75) is 0 Å². The fourth-order valence-electron chi connectivity index (χ4n) is 1.60. The molecule has 1 aromatic carbocycles. The van der Waals surface area contributed by atoms with Gasteiger partial charge in [0.05, 0.1) is 16.8 Å². The SMILES string of the molecule is NNc1ccc([N+](=O)[O-])c(C(=O)Nc2cccnc2)c1. The Kier molecular flexibility index (Phi) is 3.87. The van der Waals surface area contributed by atoms with Crippen LogP contribution in [0.1, 0.15) is 10.4 Å². The number of hydrogen-bond donors (Lipinski definition) is 3. The molecule has 0 atom stereocenters. The number of pyridine rings is 1. The lowest BCUT2D eigenvalue weighted by molar-refractivity contribution is -0.385. The van der Waals surface area contributed by atoms with Crippen LogP contribution in [0.3, 0.4) is 0 Å². The second-order valence-corrected chi connectivity index (χ2v) is 3.83. The maximum atomic E-state index is 12.1. The molecular weight excluding hydrogens is 262 g/mol. The van der Waals surface area contributed by atoms with Gasteiger partial charge in [0.15, 0.2) is 0 Å². The van der Waals surface area contributed by atoms with E-state index in [1.54, 1.807) is 18.3 Å². The maximum Gasteiger partial charge on any atom is 0.282 e. The number of nitrogens with zero attached hydrogens (tertiary/aromatic N) is 2. The van der Waals surface area contributed by atoms with E-state index in [9.17, 15) is 14.9 Å². The summed E-state index contributed by atoms with van der Waals surface area (Å²) in [6.07, 6.45) is 2.99. The largest absolute Gasteiger partial charge is 0.324 e. The molecule has 0 unspecified atom stereocenters. The molecule has 1 heterocycles. The predicted octanol–water partition coefficient (Wildman–Crippen LogP) is 1.53. The highest BCUT2D eigenvalue weighted by atomic mass is 16.6. The molecule has 0 fully saturated rings. The smallest absolute Gasteiger partial charge is 0.282 e. The first-order valence-electron chi connectivity index (χ1n) is 5.58. The third-order valence-corrected chi connectivity index (χ3v) is 2.52. The van der Waals surface area contributed by atoms with Crippen molar-refractivity contribution in [3.05, 3.63) is 58.4 Å². The lowest BCUT2D eigenvalue weighted by atomic mass is 10.1. The molecule has 1 amide bonds. The van der Waals surface area contributed by atoms with Crippen LogP contribution in [0.15, 0.2) is 42.7 Å². The monoisotopic (exact) mass is 273 g/mol. The standard InChI is InChI=1S/C12H11N5O3/c13-16-8-3-4-11(17(19)20)10(6-8)12(18)15-9-2-1-5-14-7-9/h1-7,16H,13H2,(H,15,18). The van der Waals surface area contributed by atoms with Crippen LogP contribution < -0.4 is 16.6 Å². The second-order valence-electron chi connectivity index (χ2n) is 3.83. The number of carbonyl (C=O) groups is 1. The lowest BCUT2D eigenvalue weighted by Crippen LogP contribution is -2.15. The zero-order valence-electron chi connectivity index (χ0n) is 10.2. The van der Waals surface area contributed by atoms with Crippen LogP contribution in [0.4, 0.5) is 17.1 Å². The van der Waals surface area contributed by atoms with Crippen molar-refractivity contribution >= 4 is 23.0 Å². The number of anilines is 2. The summed E-state index contributed by atoms with van der Waals surface area (Å²) in [7, 11) is 0. The first-order chi connectivity index (χ1) is 9.61. The molecule has 0 spiro atoms. The summed E-state index contributed by atoms with van der Waals surface area (Å²) in [6.45, 7) is 0. The number of nitrogens with one attached hydrogen (secondary N) is 2. The second kappa shape index (κ2) is 5.76. The van der Waals surface area contributed by atoms with Crippen molar-refractivity contribution in [2.75, 3.05) is 10.7 Å². The third kappa shape index (κ3) is 2.87. The van der Waals surface area contributed by atoms with E-state index in [0.29, 0.717) is 11.4 Å². The number of aromatic nitrogens is 1.